The zero-order valence-corrected chi connectivity index (χ0v) is 11.8. The monoisotopic (exact) mass is 348 g/mol. The Kier molecular flexibility index (Phi) is 4.10. The maximum absolute atomic E-state index is 12.9. The van der Waals surface area contributed by atoms with Crippen molar-refractivity contribution in [3.8, 4) is 5.75 Å². The van der Waals surface area contributed by atoms with Crippen molar-refractivity contribution in [2.75, 3.05) is 0 Å². The van der Waals surface area contributed by atoms with E-state index in [4.69, 9.17) is 0 Å². The van der Waals surface area contributed by atoms with Crippen molar-refractivity contribution in [2.24, 2.45) is 0 Å². The molecule has 100 valence electrons. The maximum Gasteiger partial charge on any atom is 0.417 e. The number of rotatable bonds is 2. The first-order valence-corrected chi connectivity index (χ1v) is 6.81. The van der Waals surface area contributed by atoms with Gasteiger partial charge in [-0.15, -0.1) is 0 Å². The highest BCUT2D eigenvalue weighted by Crippen LogP contribution is 2.42. The predicted octanol–water partition coefficient (Wildman–Crippen LogP) is 5.32. The van der Waals surface area contributed by atoms with Crippen molar-refractivity contribution in [1.29, 1.82) is 0 Å². The molecular formula is C13H8BrF3OS. The second-order valence-corrected chi connectivity index (χ2v) is 5.71. The Morgan fingerprint density at radius 2 is 1.68 bits per heavy atom. The molecule has 19 heavy (non-hydrogen) atoms. The molecule has 0 aliphatic carbocycles. The first kappa shape index (κ1) is 14.3. The lowest BCUT2D eigenvalue weighted by molar-refractivity contribution is -0.139. The molecule has 0 unspecified atom stereocenters. The van der Waals surface area contributed by atoms with E-state index in [1.165, 1.54) is 18.2 Å². The van der Waals surface area contributed by atoms with E-state index in [9.17, 15) is 18.3 Å². The van der Waals surface area contributed by atoms with Gasteiger partial charge >= 0.3 is 6.18 Å². The molecule has 0 aromatic heterocycles. The number of hydrogen-bond donors (Lipinski definition) is 1. The summed E-state index contributed by atoms with van der Waals surface area (Å²) >= 11 is 4.03. The molecular weight excluding hydrogens is 341 g/mol. The lowest BCUT2D eigenvalue weighted by Gasteiger charge is -2.13. The number of hydrogen-bond acceptors (Lipinski definition) is 2. The van der Waals surface area contributed by atoms with Gasteiger partial charge in [0.25, 0.3) is 0 Å². The number of benzene rings is 2. The molecule has 0 aliphatic heterocycles. The second-order valence-electron chi connectivity index (χ2n) is 3.71. The highest BCUT2D eigenvalue weighted by molar-refractivity contribution is 9.10. The fourth-order valence-electron chi connectivity index (χ4n) is 1.48. The molecule has 6 heteroatoms. The lowest BCUT2D eigenvalue weighted by Crippen LogP contribution is -2.06. The number of para-hydroxylation sites is 1. The van der Waals surface area contributed by atoms with Gasteiger partial charge in [-0.05, 0) is 30.3 Å². The van der Waals surface area contributed by atoms with Gasteiger partial charge in [0.05, 0.1) is 10.5 Å². The summed E-state index contributed by atoms with van der Waals surface area (Å²) in [7, 11) is 0. The summed E-state index contributed by atoms with van der Waals surface area (Å²) in [6.45, 7) is 0. The van der Waals surface area contributed by atoms with E-state index < -0.39 is 11.7 Å². The van der Waals surface area contributed by atoms with E-state index in [0.29, 0.717) is 9.37 Å². The van der Waals surface area contributed by atoms with Crippen LogP contribution in [0.3, 0.4) is 0 Å². The third-order valence-electron chi connectivity index (χ3n) is 2.33. The molecule has 2 rings (SSSR count). The van der Waals surface area contributed by atoms with E-state index in [-0.39, 0.29) is 10.6 Å². The van der Waals surface area contributed by atoms with E-state index >= 15 is 0 Å². The van der Waals surface area contributed by atoms with Gasteiger partial charge in [-0.25, -0.2) is 0 Å². The van der Waals surface area contributed by atoms with Crippen molar-refractivity contribution < 1.29 is 18.3 Å². The minimum absolute atomic E-state index is 0.0411. The van der Waals surface area contributed by atoms with E-state index in [0.717, 1.165) is 17.8 Å². The largest absolute Gasteiger partial charge is 0.507 e. The average Bonchev–Trinajstić information content (AvgIpc) is 2.30. The van der Waals surface area contributed by atoms with Gasteiger partial charge in [-0.2, -0.15) is 13.2 Å². The van der Waals surface area contributed by atoms with Crippen LogP contribution >= 0.6 is 27.7 Å². The molecule has 0 saturated heterocycles. The van der Waals surface area contributed by atoms with Crippen LogP contribution in [0.25, 0.3) is 0 Å². The van der Waals surface area contributed by atoms with Crippen LogP contribution in [0.15, 0.2) is 56.7 Å². The molecule has 0 heterocycles. The number of phenolic OH excluding ortho intramolecular Hbond substituents is 1. The number of alkyl halides is 3. The smallest absolute Gasteiger partial charge is 0.417 e. The first-order chi connectivity index (χ1) is 8.88. The summed E-state index contributed by atoms with van der Waals surface area (Å²) in [4.78, 5) is 0.425. The van der Waals surface area contributed by atoms with Gasteiger partial charge in [0.2, 0.25) is 0 Å². The van der Waals surface area contributed by atoms with Crippen LogP contribution in [-0.2, 0) is 6.18 Å². The molecule has 2 aromatic carbocycles. The van der Waals surface area contributed by atoms with Gasteiger partial charge in [-0.1, -0.05) is 39.8 Å². The van der Waals surface area contributed by atoms with Crippen LogP contribution in [0.5, 0.6) is 5.75 Å². The Hall–Kier alpha value is -1.14. The minimum Gasteiger partial charge on any atom is -0.507 e. The van der Waals surface area contributed by atoms with E-state index in [2.05, 4.69) is 15.9 Å². The molecule has 0 saturated carbocycles. The van der Waals surface area contributed by atoms with Crippen LogP contribution in [0.2, 0.25) is 0 Å². The predicted molar refractivity (Wildman–Crippen MR) is 71.4 cm³/mol. The van der Waals surface area contributed by atoms with Gasteiger partial charge in [-0.3, -0.25) is 0 Å². The quantitative estimate of drug-likeness (QED) is 0.791. The SMILES string of the molecule is Oc1ccccc1Sc1cc(Br)ccc1C(F)(F)F. The standard InChI is InChI=1S/C13H8BrF3OS/c14-8-5-6-9(13(15,16)17)12(7-8)19-11-4-2-1-3-10(11)18/h1-7,18H. The van der Waals surface area contributed by atoms with Crippen molar-refractivity contribution in [3.63, 3.8) is 0 Å². The summed E-state index contributed by atoms with van der Waals surface area (Å²) in [5, 5.41) is 9.62. The topological polar surface area (TPSA) is 20.2 Å². The molecule has 0 atom stereocenters. The van der Waals surface area contributed by atoms with E-state index in [1.54, 1.807) is 18.2 Å². The molecule has 1 N–H and O–H groups in total. The van der Waals surface area contributed by atoms with Crippen LogP contribution in [0, 0.1) is 0 Å². The Labute approximate surface area is 120 Å². The summed E-state index contributed by atoms with van der Waals surface area (Å²) < 4.78 is 39.2. The zero-order valence-electron chi connectivity index (χ0n) is 9.41. The molecule has 0 bridgehead atoms. The van der Waals surface area contributed by atoms with Crippen molar-refractivity contribution in [3.05, 3.63) is 52.5 Å². The van der Waals surface area contributed by atoms with Crippen molar-refractivity contribution >= 4 is 27.7 Å². The van der Waals surface area contributed by atoms with E-state index in [1.807, 2.05) is 0 Å². The molecule has 1 nitrogen and oxygen atoms in total. The fraction of sp³-hybridized carbons (Fsp3) is 0.0769. The minimum atomic E-state index is -4.42. The third kappa shape index (κ3) is 3.45. The Balaban J connectivity index is 2.45. The molecule has 0 fully saturated rings. The van der Waals surface area contributed by atoms with Crippen molar-refractivity contribution in [1.82, 2.24) is 0 Å². The van der Waals surface area contributed by atoms with Crippen molar-refractivity contribution in [2.45, 2.75) is 16.0 Å². The zero-order chi connectivity index (χ0) is 14.0. The second kappa shape index (κ2) is 5.46. The van der Waals surface area contributed by atoms with Crippen LogP contribution in [0.4, 0.5) is 13.2 Å². The third-order valence-corrected chi connectivity index (χ3v) is 3.95. The lowest BCUT2D eigenvalue weighted by atomic mass is 10.2. The number of phenols is 1. The van der Waals surface area contributed by atoms with Gasteiger partial charge in [0.15, 0.2) is 0 Å². The average molecular weight is 349 g/mol. The molecule has 0 amide bonds. The highest BCUT2D eigenvalue weighted by Gasteiger charge is 2.33. The van der Waals surface area contributed by atoms with Gasteiger partial charge < -0.3 is 5.11 Å². The number of aromatic hydroxyl groups is 1. The van der Waals surface area contributed by atoms with Crippen LogP contribution < -0.4 is 0 Å². The Morgan fingerprint density at radius 1 is 1.00 bits per heavy atom. The molecule has 0 spiro atoms. The molecule has 0 radical (unpaired) electrons. The Morgan fingerprint density at radius 3 is 2.32 bits per heavy atom. The first-order valence-electron chi connectivity index (χ1n) is 5.20. The summed E-state index contributed by atoms with van der Waals surface area (Å²) in [6, 6.07) is 10.0. The summed E-state index contributed by atoms with van der Waals surface area (Å²) in [6.07, 6.45) is -4.42. The highest BCUT2D eigenvalue weighted by atomic mass is 79.9. The van der Waals surface area contributed by atoms with Crippen LogP contribution in [-0.4, -0.2) is 5.11 Å². The van der Waals surface area contributed by atoms with Gasteiger partial charge in [0.1, 0.15) is 5.75 Å². The summed E-state index contributed by atoms with van der Waals surface area (Å²) in [5.41, 5.74) is -0.719. The van der Waals surface area contributed by atoms with Gasteiger partial charge in [0, 0.05) is 9.37 Å². The fourth-order valence-corrected chi connectivity index (χ4v) is 3.03. The molecule has 0 aliphatic rings. The van der Waals surface area contributed by atoms with Crippen LogP contribution in [0.1, 0.15) is 5.56 Å². The normalized spacial score (nSPS) is 11.6. The maximum atomic E-state index is 12.9. The number of halogens is 4. The summed E-state index contributed by atoms with van der Waals surface area (Å²) in [5.74, 6) is -0.0411. The Bertz CT molecular complexity index is 599. The molecule has 2 aromatic rings.